The summed E-state index contributed by atoms with van der Waals surface area (Å²) in [6.07, 6.45) is 6.90. The van der Waals surface area contributed by atoms with E-state index in [0.717, 1.165) is 16.3 Å². The summed E-state index contributed by atoms with van der Waals surface area (Å²) < 4.78 is 0. The smallest absolute Gasteiger partial charge is 0.319 e. The zero-order valence-corrected chi connectivity index (χ0v) is 13.8. The second-order valence-corrected chi connectivity index (χ2v) is 6.99. The Kier molecular flexibility index (Phi) is 5.53. The lowest BCUT2D eigenvalue weighted by Crippen LogP contribution is -2.28. The molecule has 3 rings (SSSR count). The molecule has 5 heteroatoms. The number of anilines is 1. The predicted molar refractivity (Wildman–Crippen MR) is 94.7 cm³/mol. The Morgan fingerprint density at radius 3 is 2.70 bits per heavy atom. The van der Waals surface area contributed by atoms with Crippen LogP contribution in [0.5, 0.6) is 0 Å². The van der Waals surface area contributed by atoms with Gasteiger partial charge >= 0.3 is 6.03 Å². The van der Waals surface area contributed by atoms with Gasteiger partial charge in [0.1, 0.15) is 0 Å². The molecular weight excluding hydrogens is 306 g/mol. The maximum Gasteiger partial charge on any atom is 0.319 e. The highest BCUT2D eigenvalue weighted by Crippen LogP contribution is 2.37. The SMILES string of the molecule is O=C(NCc1ccccn1)Nc1ccccc1SC1CCCC1. The van der Waals surface area contributed by atoms with Crippen molar-refractivity contribution in [2.45, 2.75) is 42.4 Å². The van der Waals surface area contributed by atoms with E-state index in [1.54, 1.807) is 6.20 Å². The first-order valence-corrected chi connectivity index (χ1v) is 8.90. The van der Waals surface area contributed by atoms with Gasteiger partial charge < -0.3 is 10.6 Å². The van der Waals surface area contributed by atoms with E-state index in [1.165, 1.54) is 25.7 Å². The van der Waals surface area contributed by atoms with Crippen LogP contribution in [0.1, 0.15) is 31.4 Å². The molecule has 1 aliphatic rings. The molecule has 4 nitrogen and oxygen atoms in total. The van der Waals surface area contributed by atoms with Gasteiger partial charge in [-0.25, -0.2) is 4.79 Å². The molecule has 0 spiro atoms. The molecule has 0 radical (unpaired) electrons. The zero-order chi connectivity index (χ0) is 15.9. The van der Waals surface area contributed by atoms with E-state index in [1.807, 2.05) is 48.2 Å². The number of nitrogens with zero attached hydrogens (tertiary/aromatic N) is 1. The monoisotopic (exact) mass is 327 g/mol. The Morgan fingerprint density at radius 2 is 1.91 bits per heavy atom. The largest absolute Gasteiger partial charge is 0.332 e. The standard InChI is InChI=1S/C18H21N3OS/c22-18(20-13-14-7-5-6-12-19-14)21-16-10-3-4-11-17(16)23-15-8-1-2-9-15/h3-7,10-12,15H,1-2,8-9,13H2,(H2,20,21,22). The van der Waals surface area contributed by atoms with Crippen LogP contribution in [0.2, 0.25) is 0 Å². The minimum Gasteiger partial charge on any atom is -0.332 e. The third-order valence-corrected chi connectivity index (χ3v) is 5.30. The number of hydrogen-bond acceptors (Lipinski definition) is 3. The Bertz CT molecular complexity index is 642. The number of benzene rings is 1. The Balaban J connectivity index is 1.57. The molecule has 1 aromatic heterocycles. The van der Waals surface area contributed by atoms with E-state index in [0.29, 0.717) is 11.8 Å². The molecule has 0 saturated heterocycles. The van der Waals surface area contributed by atoms with Gasteiger partial charge in [0.15, 0.2) is 0 Å². The molecule has 0 unspecified atom stereocenters. The van der Waals surface area contributed by atoms with Crippen LogP contribution in [0.3, 0.4) is 0 Å². The normalized spacial score (nSPS) is 14.6. The molecule has 1 aromatic carbocycles. The van der Waals surface area contributed by atoms with Crippen molar-refractivity contribution in [1.29, 1.82) is 0 Å². The maximum atomic E-state index is 12.1. The minimum absolute atomic E-state index is 0.199. The summed E-state index contributed by atoms with van der Waals surface area (Å²) in [6.45, 7) is 0.421. The van der Waals surface area contributed by atoms with Crippen molar-refractivity contribution in [3.05, 3.63) is 54.4 Å². The fourth-order valence-corrected chi connectivity index (χ4v) is 4.03. The lowest BCUT2D eigenvalue weighted by molar-refractivity contribution is 0.251. The molecule has 2 N–H and O–H groups in total. The average molecular weight is 327 g/mol. The molecular formula is C18H21N3OS. The summed E-state index contributed by atoms with van der Waals surface area (Å²) in [5.41, 5.74) is 1.72. The number of carbonyl (C=O) groups is 1. The third kappa shape index (κ3) is 4.73. The van der Waals surface area contributed by atoms with Crippen LogP contribution < -0.4 is 10.6 Å². The number of carbonyl (C=O) groups excluding carboxylic acids is 1. The van der Waals surface area contributed by atoms with Crippen LogP contribution in [0.15, 0.2) is 53.6 Å². The van der Waals surface area contributed by atoms with Crippen molar-refractivity contribution in [3.63, 3.8) is 0 Å². The lowest BCUT2D eigenvalue weighted by Gasteiger charge is -2.14. The van der Waals surface area contributed by atoms with Crippen LogP contribution in [-0.4, -0.2) is 16.3 Å². The summed E-state index contributed by atoms with van der Waals surface area (Å²) >= 11 is 1.88. The number of pyridine rings is 1. The number of amides is 2. The molecule has 1 fully saturated rings. The number of urea groups is 1. The number of thioether (sulfide) groups is 1. The van der Waals surface area contributed by atoms with Crippen LogP contribution in [0, 0.1) is 0 Å². The van der Waals surface area contributed by atoms with Crippen LogP contribution in [-0.2, 0) is 6.54 Å². The predicted octanol–water partition coefficient (Wildman–Crippen LogP) is 4.44. The van der Waals surface area contributed by atoms with Gasteiger partial charge in [-0.3, -0.25) is 4.98 Å². The van der Waals surface area contributed by atoms with Crippen molar-refractivity contribution in [1.82, 2.24) is 10.3 Å². The summed E-state index contributed by atoms with van der Waals surface area (Å²) in [4.78, 5) is 17.5. The van der Waals surface area contributed by atoms with E-state index in [2.05, 4.69) is 21.7 Å². The van der Waals surface area contributed by atoms with E-state index in [9.17, 15) is 4.79 Å². The third-order valence-electron chi connectivity index (χ3n) is 3.89. The highest BCUT2D eigenvalue weighted by molar-refractivity contribution is 8.00. The lowest BCUT2D eigenvalue weighted by atomic mass is 10.3. The van der Waals surface area contributed by atoms with E-state index in [-0.39, 0.29) is 6.03 Å². The van der Waals surface area contributed by atoms with Gasteiger partial charge in [0.05, 0.1) is 17.9 Å². The van der Waals surface area contributed by atoms with E-state index >= 15 is 0 Å². The number of aromatic nitrogens is 1. The van der Waals surface area contributed by atoms with Gasteiger partial charge in [0.25, 0.3) is 0 Å². The highest BCUT2D eigenvalue weighted by Gasteiger charge is 2.18. The molecule has 2 amide bonds. The van der Waals surface area contributed by atoms with Gasteiger partial charge in [-0.2, -0.15) is 0 Å². The quantitative estimate of drug-likeness (QED) is 0.853. The van der Waals surface area contributed by atoms with Gasteiger partial charge in [0, 0.05) is 16.3 Å². The van der Waals surface area contributed by atoms with Crippen molar-refractivity contribution in [3.8, 4) is 0 Å². The van der Waals surface area contributed by atoms with Crippen LogP contribution in [0.25, 0.3) is 0 Å². The second kappa shape index (κ2) is 8.02. The maximum absolute atomic E-state index is 12.1. The van der Waals surface area contributed by atoms with Crippen molar-refractivity contribution in [2.24, 2.45) is 0 Å². The van der Waals surface area contributed by atoms with Gasteiger partial charge in [0.2, 0.25) is 0 Å². The highest BCUT2D eigenvalue weighted by atomic mass is 32.2. The van der Waals surface area contributed by atoms with Gasteiger partial charge in [-0.15, -0.1) is 11.8 Å². The average Bonchev–Trinajstić information content (AvgIpc) is 3.09. The first kappa shape index (κ1) is 15.9. The van der Waals surface area contributed by atoms with Crippen molar-refractivity contribution < 1.29 is 4.79 Å². The summed E-state index contributed by atoms with van der Waals surface area (Å²) in [7, 11) is 0. The first-order chi connectivity index (χ1) is 11.3. The molecule has 0 aliphatic heterocycles. The summed E-state index contributed by atoms with van der Waals surface area (Å²) in [6, 6.07) is 13.5. The molecule has 0 bridgehead atoms. The fraction of sp³-hybridized carbons (Fsp3) is 0.333. The van der Waals surface area contributed by atoms with Crippen molar-refractivity contribution >= 4 is 23.5 Å². The van der Waals surface area contributed by atoms with Crippen LogP contribution >= 0.6 is 11.8 Å². The number of rotatable bonds is 5. The molecule has 2 aromatic rings. The minimum atomic E-state index is -0.199. The number of nitrogens with one attached hydrogen (secondary N) is 2. The molecule has 1 heterocycles. The molecule has 1 aliphatic carbocycles. The zero-order valence-electron chi connectivity index (χ0n) is 13.0. The Morgan fingerprint density at radius 1 is 1.13 bits per heavy atom. The summed E-state index contributed by atoms with van der Waals surface area (Å²) in [5.74, 6) is 0. The molecule has 1 saturated carbocycles. The van der Waals surface area contributed by atoms with Gasteiger partial charge in [-0.05, 0) is 37.1 Å². The second-order valence-electron chi connectivity index (χ2n) is 5.65. The van der Waals surface area contributed by atoms with Crippen molar-refractivity contribution in [2.75, 3.05) is 5.32 Å². The summed E-state index contributed by atoms with van der Waals surface area (Å²) in [5, 5.41) is 6.48. The Labute approximate surface area is 141 Å². The molecule has 120 valence electrons. The fourth-order valence-electron chi connectivity index (χ4n) is 2.70. The first-order valence-electron chi connectivity index (χ1n) is 8.02. The molecule has 0 atom stereocenters. The van der Waals surface area contributed by atoms with E-state index < -0.39 is 0 Å². The number of hydrogen-bond donors (Lipinski definition) is 2. The number of para-hydroxylation sites is 1. The Hall–Kier alpha value is -2.01. The van der Waals surface area contributed by atoms with E-state index in [4.69, 9.17) is 0 Å². The van der Waals surface area contributed by atoms with Gasteiger partial charge in [-0.1, -0.05) is 31.0 Å². The molecule has 23 heavy (non-hydrogen) atoms. The topological polar surface area (TPSA) is 54.0 Å². The van der Waals surface area contributed by atoms with Crippen LogP contribution in [0.4, 0.5) is 10.5 Å².